The fourth-order valence-electron chi connectivity index (χ4n) is 6.18. The van der Waals surface area contributed by atoms with Crippen molar-refractivity contribution in [3.05, 3.63) is 45.1 Å². The molecule has 0 radical (unpaired) electrons. The molecule has 0 unspecified atom stereocenters. The molecule has 8 nitrogen and oxygen atoms in total. The van der Waals surface area contributed by atoms with Crippen molar-refractivity contribution in [1.82, 2.24) is 9.72 Å². The molecule has 2 N–H and O–H groups in total. The Kier molecular flexibility index (Phi) is 6.00. The van der Waals surface area contributed by atoms with E-state index in [4.69, 9.17) is 4.74 Å². The molecule has 36 heavy (non-hydrogen) atoms. The molecule has 2 saturated carbocycles. The van der Waals surface area contributed by atoms with E-state index in [-0.39, 0.29) is 23.4 Å². The second-order valence-corrected chi connectivity index (χ2v) is 11.6. The number of amides is 1. The highest BCUT2D eigenvalue weighted by Crippen LogP contribution is 2.45. The third-order valence-corrected chi connectivity index (χ3v) is 7.81. The van der Waals surface area contributed by atoms with E-state index in [0.717, 1.165) is 43.9 Å². The normalized spacial score (nSPS) is 24.0. The first-order chi connectivity index (χ1) is 16.9. The molecule has 2 aromatic rings. The van der Waals surface area contributed by atoms with Gasteiger partial charge in [-0.3, -0.25) is 9.20 Å². The molecule has 194 valence electrons. The van der Waals surface area contributed by atoms with Gasteiger partial charge in [-0.2, -0.15) is 0 Å². The molecule has 9 heteroatoms. The summed E-state index contributed by atoms with van der Waals surface area (Å²) in [6.07, 6.45) is 5.41. The number of nitrogens with zero attached hydrogens (tertiary/aromatic N) is 2. The maximum atomic E-state index is 15.6. The van der Waals surface area contributed by atoms with Crippen molar-refractivity contribution in [3.8, 4) is 0 Å². The van der Waals surface area contributed by atoms with E-state index >= 15 is 4.39 Å². The number of pyridine rings is 2. The van der Waals surface area contributed by atoms with Gasteiger partial charge in [0, 0.05) is 25.0 Å². The predicted octanol–water partition coefficient (Wildman–Crippen LogP) is 4.45. The van der Waals surface area contributed by atoms with Crippen molar-refractivity contribution in [1.29, 1.82) is 0 Å². The Morgan fingerprint density at radius 1 is 1.17 bits per heavy atom. The number of ether oxygens (including phenoxy) is 1. The highest BCUT2D eigenvalue weighted by atomic mass is 19.1. The zero-order valence-electron chi connectivity index (χ0n) is 21.3. The molecule has 3 heterocycles. The van der Waals surface area contributed by atoms with Crippen molar-refractivity contribution >= 4 is 23.3 Å². The zero-order valence-corrected chi connectivity index (χ0v) is 21.3. The molecule has 0 bridgehead atoms. The van der Waals surface area contributed by atoms with Crippen LogP contribution >= 0.6 is 0 Å². The molecule has 1 amide bonds. The van der Waals surface area contributed by atoms with Gasteiger partial charge in [-0.1, -0.05) is 6.42 Å². The Labute approximate surface area is 209 Å². The first-order valence-corrected chi connectivity index (χ1v) is 12.8. The quantitative estimate of drug-likeness (QED) is 0.645. The van der Waals surface area contributed by atoms with Crippen molar-refractivity contribution in [2.75, 3.05) is 18.0 Å². The molecule has 1 saturated heterocycles. The minimum Gasteiger partial charge on any atom is -0.477 e. The van der Waals surface area contributed by atoms with Crippen molar-refractivity contribution in [2.24, 2.45) is 11.8 Å². The molecule has 1 aliphatic heterocycles. The number of aromatic nitrogens is 1. The molecule has 3 fully saturated rings. The summed E-state index contributed by atoms with van der Waals surface area (Å²) in [6.45, 7) is 8.58. The number of carboxylic acids is 1. The average molecular weight is 500 g/mol. The monoisotopic (exact) mass is 499 g/mol. The average Bonchev–Trinajstić information content (AvgIpc) is 3.52. The zero-order chi connectivity index (χ0) is 25.9. The van der Waals surface area contributed by atoms with E-state index in [0.29, 0.717) is 35.8 Å². The van der Waals surface area contributed by atoms with E-state index in [1.54, 1.807) is 0 Å². The topological polar surface area (TPSA) is 100 Å². The third-order valence-electron chi connectivity index (χ3n) is 7.81. The standard InChI is InChI=1S/C27H34FN3O5/c1-14-22-17(15-8-9-15)10-18(25(33)34)24(32)31(22)13-20(28)23(14)30-11-16-6-5-7-21(19(16)12-30)29-26(35)36-27(2,3)4/h10,13,15-16,19,21H,5-9,11-12H2,1-4H3,(H,29,35)(H,33,34)/t16-,19+,21-/m1/s1. The predicted molar refractivity (Wildman–Crippen MR) is 133 cm³/mol. The first kappa shape index (κ1) is 24.6. The van der Waals surface area contributed by atoms with Crippen LogP contribution in [-0.2, 0) is 4.74 Å². The van der Waals surface area contributed by atoms with Gasteiger partial charge in [0.25, 0.3) is 5.56 Å². The summed E-state index contributed by atoms with van der Waals surface area (Å²) in [4.78, 5) is 39.1. The van der Waals surface area contributed by atoms with Gasteiger partial charge in [0.2, 0.25) is 0 Å². The minimum absolute atomic E-state index is 0.0461. The van der Waals surface area contributed by atoms with Crippen LogP contribution in [0.4, 0.5) is 14.9 Å². The molecule has 0 spiro atoms. The molecule has 5 rings (SSSR count). The van der Waals surface area contributed by atoms with Gasteiger partial charge in [-0.15, -0.1) is 0 Å². The number of carboxylic acid groups (broad SMARTS) is 1. The summed E-state index contributed by atoms with van der Waals surface area (Å²) in [7, 11) is 0. The van der Waals surface area contributed by atoms with E-state index in [1.165, 1.54) is 10.5 Å². The Balaban J connectivity index is 1.50. The van der Waals surface area contributed by atoms with Gasteiger partial charge < -0.3 is 20.1 Å². The molecule has 2 aliphatic carbocycles. The van der Waals surface area contributed by atoms with Crippen molar-refractivity contribution in [3.63, 3.8) is 0 Å². The van der Waals surface area contributed by atoms with E-state index < -0.39 is 29.0 Å². The summed E-state index contributed by atoms with van der Waals surface area (Å²) in [5.74, 6) is -1.18. The maximum absolute atomic E-state index is 15.6. The molecular weight excluding hydrogens is 465 g/mol. The number of hydrogen-bond acceptors (Lipinski definition) is 5. The molecule has 3 atom stereocenters. The maximum Gasteiger partial charge on any atom is 0.407 e. The number of halogens is 1. The number of alkyl carbamates (subject to hydrolysis) is 1. The van der Waals surface area contributed by atoms with Gasteiger partial charge in [-0.25, -0.2) is 14.0 Å². The largest absolute Gasteiger partial charge is 0.477 e. The summed E-state index contributed by atoms with van der Waals surface area (Å²) in [6, 6.07) is 1.44. The van der Waals surface area contributed by atoms with E-state index in [9.17, 15) is 19.5 Å². The number of carbonyl (C=O) groups is 2. The smallest absolute Gasteiger partial charge is 0.407 e. The van der Waals surface area contributed by atoms with Crippen LogP contribution in [0, 0.1) is 24.6 Å². The van der Waals surface area contributed by atoms with Crippen LogP contribution in [0.2, 0.25) is 0 Å². The van der Waals surface area contributed by atoms with Crippen LogP contribution in [-0.4, -0.2) is 46.3 Å². The number of carbonyl (C=O) groups excluding carboxylic acids is 1. The fraction of sp³-hybridized carbons (Fsp3) is 0.593. The minimum atomic E-state index is -1.30. The van der Waals surface area contributed by atoms with E-state index in [2.05, 4.69) is 5.32 Å². The van der Waals surface area contributed by atoms with Gasteiger partial charge in [0.05, 0.1) is 17.4 Å². The highest BCUT2D eigenvalue weighted by Gasteiger charge is 2.42. The van der Waals surface area contributed by atoms with E-state index in [1.807, 2.05) is 32.6 Å². The summed E-state index contributed by atoms with van der Waals surface area (Å²) >= 11 is 0. The van der Waals surface area contributed by atoms with Crippen LogP contribution in [0.5, 0.6) is 0 Å². The number of anilines is 1. The Bertz CT molecular complexity index is 1290. The Morgan fingerprint density at radius 2 is 1.89 bits per heavy atom. The lowest BCUT2D eigenvalue weighted by Gasteiger charge is -2.33. The van der Waals surface area contributed by atoms with Crippen molar-refractivity contribution in [2.45, 2.75) is 77.4 Å². The van der Waals surface area contributed by atoms with Crippen LogP contribution in [0.3, 0.4) is 0 Å². The van der Waals surface area contributed by atoms with Gasteiger partial charge in [0.15, 0.2) is 5.82 Å². The van der Waals surface area contributed by atoms with Gasteiger partial charge in [0.1, 0.15) is 11.2 Å². The van der Waals surface area contributed by atoms with Crippen LogP contribution in [0.1, 0.15) is 80.3 Å². The molecule has 3 aliphatic rings. The molecule has 0 aromatic carbocycles. The number of aryl methyl sites for hydroxylation is 1. The number of hydrogen-bond donors (Lipinski definition) is 2. The van der Waals surface area contributed by atoms with Crippen LogP contribution < -0.4 is 15.8 Å². The van der Waals surface area contributed by atoms with Crippen LogP contribution in [0.25, 0.3) is 5.52 Å². The number of nitrogens with one attached hydrogen (secondary N) is 1. The Morgan fingerprint density at radius 3 is 2.53 bits per heavy atom. The second kappa shape index (κ2) is 8.78. The molecular formula is C27H34FN3O5. The van der Waals surface area contributed by atoms with Crippen LogP contribution in [0.15, 0.2) is 17.1 Å². The summed E-state index contributed by atoms with van der Waals surface area (Å²) in [5, 5.41) is 12.6. The lowest BCUT2D eigenvalue weighted by atomic mass is 9.78. The van der Waals surface area contributed by atoms with Gasteiger partial charge >= 0.3 is 12.1 Å². The SMILES string of the molecule is Cc1c(N2C[C@H]3CCC[C@@H](NC(=O)OC(C)(C)C)[C@H]3C2)c(F)cn2c(=O)c(C(=O)O)cc(C3CC3)c12. The second-order valence-electron chi connectivity index (χ2n) is 11.6. The summed E-state index contributed by atoms with van der Waals surface area (Å²) < 4.78 is 22.3. The Hall–Kier alpha value is -3.10. The first-order valence-electron chi connectivity index (χ1n) is 12.8. The van der Waals surface area contributed by atoms with Crippen molar-refractivity contribution < 1.29 is 23.8 Å². The lowest BCUT2D eigenvalue weighted by molar-refractivity contribution is 0.0461. The number of aromatic carboxylic acids is 1. The molecule has 2 aromatic heterocycles. The lowest BCUT2D eigenvalue weighted by Crippen LogP contribution is -2.47. The number of rotatable bonds is 4. The summed E-state index contributed by atoms with van der Waals surface area (Å²) in [5.41, 5.74) is 0.903. The third kappa shape index (κ3) is 4.44. The highest BCUT2D eigenvalue weighted by molar-refractivity contribution is 5.89. The van der Waals surface area contributed by atoms with Gasteiger partial charge in [-0.05, 0) is 82.4 Å². The fourth-order valence-corrected chi connectivity index (χ4v) is 6.18. The number of fused-ring (bicyclic) bond motifs is 2.